The van der Waals surface area contributed by atoms with E-state index in [1.165, 1.54) is 18.2 Å². The third-order valence-electron chi connectivity index (χ3n) is 5.64. The minimum absolute atomic E-state index is 0.0498. The number of nitriles is 1. The van der Waals surface area contributed by atoms with Crippen LogP contribution >= 0.6 is 23.2 Å². The van der Waals surface area contributed by atoms with Gasteiger partial charge in [-0.25, -0.2) is 8.42 Å². The number of anilines is 2. The van der Waals surface area contributed by atoms with Gasteiger partial charge in [0, 0.05) is 0 Å². The summed E-state index contributed by atoms with van der Waals surface area (Å²) in [5, 5.41) is 12.1. The number of halogens is 2. The highest BCUT2D eigenvalue weighted by Crippen LogP contribution is 2.38. The second-order valence-corrected chi connectivity index (χ2v) is 10.6. The van der Waals surface area contributed by atoms with Crippen LogP contribution in [0, 0.1) is 11.3 Å². The van der Waals surface area contributed by atoms with Crippen LogP contribution in [0.25, 0.3) is 0 Å². The van der Waals surface area contributed by atoms with Gasteiger partial charge in [-0.05, 0) is 67.3 Å². The number of rotatable bonds is 7. The van der Waals surface area contributed by atoms with Crippen LogP contribution < -0.4 is 9.62 Å². The summed E-state index contributed by atoms with van der Waals surface area (Å²) < 4.78 is 28.5. The van der Waals surface area contributed by atoms with Crippen molar-refractivity contribution < 1.29 is 13.2 Å². The third kappa shape index (κ3) is 5.35. The molecule has 0 aromatic heterocycles. The molecule has 0 saturated heterocycles. The largest absolute Gasteiger partial charge is 0.322 e. The van der Waals surface area contributed by atoms with E-state index in [9.17, 15) is 13.2 Å². The van der Waals surface area contributed by atoms with Gasteiger partial charge in [0.05, 0.1) is 37.9 Å². The van der Waals surface area contributed by atoms with E-state index in [1.807, 2.05) is 24.3 Å². The van der Waals surface area contributed by atoms with Gasteiger partial charge < -0.3 is 5.32 Å². The topological polar surface area (TPSA) is 90.3 Å². The number of nitrogens with zero attached hydrogens (tertiary/aromatic N) is 2. The lowest BCUT2D eigenvalue weighted by Crippen LogP contribution is -2.50. The lowest BCUT2D eigenvalue weighted by molar-refractivity contribution is -0.117. The summed E-state index contributed by atoms with van der Waals surface area (Å²) in [5.41, 5.74) is 2.49. The molecular weight excluding hydrogens is 505 g/mol. The van der Waals surface area contributed by atoms with Gasteiger partial charge in [0.15, 0.2) is 0 Å². The minimum Gasteiger partial charge on any atom is -0.322 e. The van der Waals surface area contributed by atoms with Crippen LogP contribution in [-0.2, 0) is 21.2 Å². The molecule has 35 heavy (non-hydrogen) atoms. The fourth-order valence-corrected chi connectivity index (χ4v) is 5.88. The molecule has 4 rings (SSSR count). The maximum Gasteiger partial charge on any atom is 0.265 e. The zero-order chi connectivity index (χ0) is 25.0. The van der Waals surface area contributed by atoms with Crippen molar-refractivity contribution in [3.8, 4) is 6.07 Å². The Labute approximate surface area is 214 Å². The van der Waals surface area contributed by atoms with E-state index in [4.69, 9.17) is 28.5 Å². The van der Waals surface area contributed by atoms with E-state index in [-0.39, 0.29) is 21.4 Å². The number of hydrogen-bond acceptors (Lipinski definition) is 4. The Kier molecular flexibility index (Phi) is 7.46. The molecule has 1 aliphatic heterocycles. The average Bonchev–Trinajstić information content (AvgIpc) is 2.85. The number of hydrogen-bond donors (Lipinski definition) is 1. The van der Waals surface area contributed by atoms with Crippen molar-refractivity contribution in [2.24, 2.45) is 0 Å². The van der Waals surface area contributed by atoms with Crippen molar-refractivity contribution in [1.29, 1.82) is 5.26 Å². The number of sulfonamides is 1. The number of para-hydroxylation sites is 2. The zero-order valence-electron chi connectivity index (χ0n) is 18.5. The molecule has 1 aliphatic rings. The lowest BCUT2D eigenvalue weighted by atomic mass is 10.1. The van der Waals surface area contributed by atoms with Gasteiger partial charge in [-0.2, -0.15) is 5.26 Å². The molecule has 0 saturated carbocycles. The first kappa shape index (κ1) is 24.8. The highest BCUT2D eigenvalue weighted by atomic mass is 35.5. The Morgan fingerprint density at radius 3 is 2.46 bits per heavy atom. The SMILES string of the molecule is N#Cc1ccc(CCC=CC[C@@H]2C(=O)Nc3ccccc3N2S(=O)(=O)c2ccc(Cl)c(Cl)c2)cc1. The Bertz CT molecular complexity index is 1430. The Morgan fingerprint density at radius 2 is 1.74 bits per heavy atom. The Hall–Kier alpha value is -3.31. The second-order valence-electron chi connectivity index (χ2n) is 7.95. The lowest BCUT2D eigenvalue weighted by Gasteiger charge is -2.36. The maximum absolute atomic E-state index is 13.7. The number of benzene rings is 3. The van der Waals surface area contributed by atoms with E-state index in [0.717, 1.165) is 16.3 Å². The van der Waals surface area contributed by atoms with E-state index in [2.05, 4.69) is 11.4 Å². The van der Waals surface area contributed by atoms with Crippen molar-refractivity contribution in [2.45, 2.75) is 30.2 Å². The van der Waals surface area contributed by atoms with Gasteiger partial charge >= 0.3 is 0 Å². The Morgan fingerprint density at radius 1 is 1.00 bits per heavy atom. The van der Waals surface area contributed by atoms with Crippen LogP contribution in [0.3, 0.4) is 0 Å². The predicted molar refractivity (Wildman–Crippen MR) is 138 cm³/mol. The number of carbonyl (C=O) groups excluding carboxylic acids is 1. The van der Waals surface area contributed by atoms with Crippen molar-refractivity contribution in [3.05, 3.63) is 100 Å². The summed E-state index contributed by atoms with van der Waals surface area (Å²) in [6.07, 6.45) is 5.40. The van der Waals surface area contributed by atoms with Crippen LogP contribution in [0.2, 0.25) is 10.0 Å². The molecule has 0 spiro atoms. The highest BCUT2D eigenvalue weighted by molar-refractivity contribution is 7.93. The molecule has 0 bridgehead atoms. The second kappa shape index (κ2) is 10.5. The van der Waals surface area contributed by atoms with Gasteiger partial charge in [0.25, 0.3) is 10.0 Å². The molecule has 6 nitrogen and oxygen atoms in total. The number of fused-ring (bicyclic) bond motifs is 1. The number of nitrogens with one attached hydrogen (secondary N) is 1. The molecule has 3 aromatic rings. The van der Waals surface area contributed by atoms with E-state index >= 15 is 0 Å². The normalized spacial score (nSPS) is 15.5. The molecule has 9 heteroatoms. The van der Waals surface area contributed by atoms with Crippen molar-refractivity contribution in [3.63, 3.8) is 0 Å². The first-order valence-corrected chi connectivity index (χ1v) is 13.0. The molecule has 3 aromatic carbocycles. The smallest absolute Gasteiger partial charge is 0.265 e. The van der Waals surface area contributed by atoms with E-state index in [0.29, 0.717) is 23.4 Å². The van der Waals surface area contributed by atoms with Crippen LogP contribution in [0.4, 0.5) is 11.4 Å². The summed E-state index contributed by atoms with van der Waals surface area (Å²) in [6, 6.07) is 19.3. The number of amides is 1. The number of allylic oxidation sites excluding steroid dienone is 1. The molecule has 0 radical (unpaired) electrons. The summed E-state index contributed by atoms with van der Waals surface area (Å²) in [4.78, 5) is 12.9. The molecule has 1 atom stereocenters. The molecular formula is C26H21Cl2N3O3S. The van der Waals surface area contributed by atoms with Crippen molar-refractivity contribution in [2.75, 3.05) is 9.62 Å². The molecule has 1 heterocycles. The molecule has 1 amide bonds. The van der Waals surface area contributed by atoms with Crippen LogP contribution in [0.1, 0.15) is 24.0 Å². The summed E-state index contributed by atoms with van der Waals surface area (Å²) in [7, 11) is -4.12. The highest BCUT2D eigenvalue weighted by Gasteiger charge is 2.40. The first-order chi connectivity index (χ1) is 16.8. The molecule has 0 fully saturated rings. The fraction of sp³-hybridized carbons (Fsp3) is 0.154. The van der Waals surface area contributed by atoms with Crippen LogP contribution in [-0.4, -0.2) is 20.4 Å². The number of aryl methyl sites for hydroxylation is 1. The first-order valence-electron chi connectivity index (χ1n) is 10.8. The summed E-state index contributed by atoms with van der Waals surface area (Å²) in [6.45, 7) is 0. The number of carbonyl (C=O) groups is 1. The predicted octanol–water partition coefficient (Wildman–Crippen LogP) is 5.96. The summed E-state index contributed by atoms with van der Waals surface area (Å²) in [5.74, 6) is -0.413. The van der Waals surface area contributed by atoms with Crippen molar-refractivity contribution >= 4 is 50.5 Å². The van der Waals surface area contributed by atoms with Gasteiger partial charge in [0.2, 0.25) is 5.91 Å². The van der Waals surface area contributed by atoms with Crippen LogP contribution in [0.15, 0.2) is 83.8 Å². The quantitative estimate of drug-likeness (QED) is 0.385. The fourth-order valence-electron chi connectivity index (χ4n) is 3.85. The van der Waals surface area contributed by atoms with Gasteiger partial charge in [0.1, 0.15) is 6.04 Å². The summed E-state index contributed by atoms with van der Waals surface area (Å²) >= 11 is 12.1. The Balaban J connectivity index is 1.58. The standard InChI is InChI=1S/C26H21Cl2N3O3S/c27-21-15-14-20(16-22(21)28)35(33,34)31-24-8-5-4-7-23(24)30-26(32)25(31)9-3-1-2-6-18-10-12-19(17-29)13-11-18/h1,3-5,7-8,10-16,25H,2,6,9H2,(H,30,32)/t25-/m1/s1. The van der Waals surface area contributed by atoms with Crippen LogP contribution in [0.5, 0.6) is 0 Å². The van der Waals surface area contributed by atoms with E-state index < -0.39 is 22.0 Å². The average molecular weight is 526 g/mol. The zero-order valence-corrected chi connectivity index (χ0v) is 20.8. The van der Waals surface area contributed by atoms with Gasteiger partial charge in [-0.1, -0.05) is 59.6 Å². The van der Waals surface area contributed by atoms with Gasteiger partial charge in [-0.15, -0.1) is 0 Å². The maximum atomic E-state index is 13.7. The molecule has 0 unspecified atom stereocenters. The third-order valence-corrected chi connectivity index (χ3v) is 8.20. The van der Waals surface area contributed by atoms with Crippen molar-refractivity contribution in [1.82, 2.24) is 0 Å². The molecule has 0 aliphatic carbocycles. The molecule has 1 N–H and O–H groups in total. The van der Waals surface area contributed by atoms with E-state index in [1.54, 1.807) is 36.4 Å². The monoisotopic (exact) mass is 525 g/mol. The van der Waals surface area contributed by atoms with Gasteiger partial charge in [-0.3, -0.25) is 9.10 Å². The molecule has 178 valence electrons. The minimum atomic E-state index is -4.12.